The Hall–Kier alpha value is -1.45. The van der Waals surface area contributed by atoms with E-state index in [1.807, 2.05) is 12.1 Å². The van der Waals surface area contributed by atoms with Gasteiger partial charge >= 0.3 is 5.97 Å². The van der Waals surface area contributed by atoms with Gasteiger partial charge in [-0.1, -0.05) is 15.9 Å². The van der Waals surface area contributed by atoms with E-state index >= 15 is 0 Å². The Bertz CT molecular complexity index is 736. The number of carbonyl (C=O) groups is 2. The SMILES string of the molecule is CCOC(=O)Cc1csc(NC(=O)COc2ccc(Br)cc2Br)n1. The summed E-state index contributed by atoms with van der Waals surface area (Å²) in [6, 6.07) is 5.40. The average molecular weight is 478 g/mol. The molecule has 0 spiro atoms. The first-order valence-corrected chi connectivity index (χ1v) is 9.42. The van der Waals surface area contributed by atoms with Gasteiger partial charge in [-0.25, -0.2) is 4.98 Å². The molecule has 128 valence electrons. The van der Waals surface area contributed by atoms with Gasteiger partial charge in [-0.3, -0.25) is 14.9 Å². The lowest BCUT2D eigenvalue weighted by atomic mass is 10.3. The second-order valence-electron chi connectivity index (χ2n) is 4.54. The molecule has 0 saturated heterocycles. The minimum absolute atomic E-state index is 0.0859. The first-order chi connectivity index (χ1) is 11.5. The Kier molecular flexibility index (Phi) is 7.19. The molecule has 1 N–H and O–H groups in total. The number of ether oxygens (including phenoxy) is 2. The Balaban J connectivity index is 1.84. The number of benzene rings is 1. The van der Waals surface area contributed by atoms with Crippen molar-refractivity contribution in [1.82, 2.24) is 4.98 Å². The van der Waals surface area contributed by atoms with E-state index in [2.05, 4.69) is 42.2 Å². The zero-order valence-corrected chi connectivity index (χ0v) is 16.7. The highest BCUT2D eigenvalue weighted by Crippen LogP contribution is 2.28. The van der Waals surface area contributed by atoms with E-state index < -0.39 is 0 Å². The van der Waals surface area contributed by atoms with Gasteiger partial charge < -0.3 is 9.47 Å². The Morgan fingerprint density at radius 2 is 2.12 bits per heavy atom. The fourth-order valence-corrected chi connectivity index (χ4v) is 3.58. The lowest BCUT2D eigenvalue weighted by Crippen LogP contribution is -2.20. The number of esters is 1. The first kappa shape index (κ1) is 18.9. The van der Waals surface area contributed by atoms with E-state index in [0.717, 1.165) is 8.95 Å². The highest BCUT2D eigenvalue weighted by atomic mass is 79.9. The van der Waals surface area contributed by atoms with Gasteiger partial charge in [0.15, 0.2) is 11.7 Å². The van der Waals surface area contributed by atoms with Crippen LogP contribution in [0.3, 0.4) is 0 Å². The molecule has 0 aliphatic rings. The summed E-state index contributed by atoms with van der Waals surface area (Å²) in [5, 5.41) is 4.76. The van der Waals surface area contributed by atoms with E-state index in [1.54, 1.807) is 18.4 Å². The third-order valence-corrected chi connectivity index (χ3v) is 4.60. The third-order valence-electron chi connectivity index (χ3n) is 2.68. The number of nitrogens with one attached hydrogen (secondary N) is 1. The standard InChI is InChI=1S/C15H14Br2N2O4S/c1-2-22-14(21)6-10-8-24-15(18-10)19-13(20)7-23-12-4-3-9(16)5-11(12)17/h3-5,8H,2,6-7H2,1H3,(H,18,19,20). The molecule has 2 aromatic rings. The minimum Gasteiger partial charge on any atom is -0.483 e. The fourth-order valence-electron chi connectivity index (χ4n) is 1.70. The summed E-state index contributed by atoms with van der Waals surface area (Å²) in [6.45, 7) is 1.93. The van der Waals surface area contributed by atoms with Gasteiger partial charge in [0, 0.05) is 9.85 Å². The summed E-state index contributed by atoms with van der Waals surface area (Å²) in [5.74, 6) is -0.110. The molecule has 0 aliphatic heterocycles. The normalized spacial score (nSPS) is 10.3. The maximum absolute atomic E-state index is 11.9. The van der Waals surface area contributed by atoms with Crippen LogP contribution in [0.5, 0.6) is 5.75 Å². The molecule has 1 amide bonds. The summed E-state index contributed by atoms with van der Waals surface area (Å²) < 4.78 is 12.0. The minimum atomic E-state index is -0.343. The number of carbonyl (C=O) groups excluding carboxylic acids is 2. The van der Waals surface area contributed by atoms with Crippen molar-refractivity contribution in [3.63, 3.8) is 0 Å². The van der Waals surface area contributed by atoms with Gasteiger partial charge in [0.2, 0.25) is 0 Å². The van der Waals surface area contributed by atoms with Crippen LogP contribution < -0.4 is 10.1 Å². The van der Waals surface area contributed by atoms with E-state index in [9.17, 15) is 9.59 Å². The highest BCUT2D eigenvalue weighted by molar-refractivity contribution is 9.11. The monoisotopic (exact) mass is 476 g/mol. The number of aromatic nitrogens is 1. The quantitative estimate of drug-likeness (QED) is 0.614. The van der Waals surface area contributed by atoms with E-state index in [1.165, 1.54) is 11.3 Å². The summed E-state index contributed by atoms with van der Waals surface area (Å²) in [5.41, 5.74) is 0.560. The first-order valence-electron chi connectivity index (χ1n) is 6.95. The fraction of sp³-hybridized carbons (Fsp3) is 0.267. The second-order valence-corrected chi connectivity index (χ2v) is 7.17. The van der Waals surface area contributed by atoms with Gasteiger partial charge in [0.1, 0.15) is 5.75 Å². The van der Waals surface area contributed by atoms with Crippen molar-refractivity contribution in [3.05, 3.63) is 38.2 Å². The van der Waals surface area contributed by atoms with Crippen molar-refractivity contribution in [2.24, 2.45) is 0 Å². The zero-order chi connectivity index (χ0) is 17.5. The predicted octanol–water partition coefficient (Wildman–Crippen LogP) is 3.79. The molecule has 0 bridgehead atoms. The molecule has 2 rings (SSSR count). The highest BCUT2D eigenvalue weighted by Gasteiger charge is 2.11. The molecule has 1 heterocycles. The molecule has 9 heteroatoms. The Morgan fingerprint density at radius 1 is 1.33 bits per heavy atom. The van der Waals surface area contributed by atoms with Crippen molar-refractivity contribution in [3.8, 4) is 5.75 Å². The number of rotatable bonds is 7. The number of thiazole rings is 1. The maximum atomic E-state index is 11.9. The summed E-state index contributed by atoms with van der Waals surface area (Å²) in [6.07, 6.45) is 0.0859. The van der Waals surface area contributed by atoms with Crippen molar-refractivity contribution in [1.29, 1.82) is 0 Å². The second kappa shape index (κ2) is 9.14. The van der Waals surface area contributed by atoms with Crippen molar-refractivity contribution >= 4 is 60.2 Å². The molecule has 0 radical (unpaired) electrons. The Labute approximate surface area is 159 Å². The average Bonchev–Trinajstić information content (AvgIpc) is 2.93. The number of hydrogen-bond donors (Lipinski definition) is 1. The van der Waals surface area contributed by atoms with Gasteiger partial charge in [0.25, 0.3) is 5.91 Å². The molecular weight excluding hydrogens is 464 g/mol. The van der Waals surface area contributed by atoms with Crippen LogP contribution in [0.25, 0.3) is 0 Å². The number of hydrogen-bond acceptors (Lipinski definition) is 6. The van der Waals surface area contributed by atoms with Crippen molar-refractivity contribution < 1.29 is 19.1 Å². The van der Waals surface area contributed by atoms with Crippen LogP contribution in [0.15, 0.2) is 32.5 Å². The molecule has 0 unspecified atom stereocenters. The Morgan fingerprint density at radius 3 is 2.83 bits per heavy atom. The van der Waals surface area contributed by atoms with Crippen LogP contribution in [0, 0.1) is 0 Å². The van der Waals surface area contributed by atoms with Gasteiger partial charge in [-0.05, 0) is 41.1 Å². The van der Waals surface area contributed by atoms with Crippen LogP contribution >= 0.6 is 43.2 Å². The molecule has 0 aliphatic carbocycles. The van der Waals surface area contributed by atoms with Crippen molar-refractivity contribution in [2.45, 2.75) is 13.3 Å². The molecule has 0 saturated carbocycles. The van der Waals surface area contributed by atoms with Crippen LogP contribution in [-0.2, 0) is 20.7 Å². The van der Waals surface area contributed by atoms with E-state index in [-0.39, 0.29) is 24.9 Å². The topological polar surface area (TPSA) is 77.5 Å². The number of amides is 1. The van der Waals surface area contributed by atoms with E-state index in [4.69, 9.17) is 9.47 Å². The number of nitrogens with zero attached hydrogens (tertiary/aromatic N) is 1. The van der Waals surface area contributed by atoms with Crippen LogP contribution in [0.1, 0.15) is 12.6 Å². The predicted molar refractivity (Wildman–Crippen MR) is 98.4 cm³/mol. The van der Waals surface area contributed by atoms with Gasteiger partial charge in [-0.2, -0.15) is 0 Å². The molecule has 6 nitrogen and oxygen atoms in total. The zero-order valence-electron chi connectivity index (χ0n) is 12.7. The lowest BCUT2D eigenvalue weighted by molar-refractivity contribution is -0.142. The molecule has 0 fully saturated rings. The number of anilines is 1. The summed E-state index contributed by atoms with van der Waals surface area (Å²) in [7, 11) is 0. The van der Waals surface area contributed by atoms with Crippen LogP contribution in [-0.4, -0.2) is 30.1 Å². The third kappa shape index (κ3) is 5.88. The molecule has 1 aromatic carbocycles. The van der Waals surface area contributed by atoms with Crippen molar-refractivity contribution in [2.75, 3.05) is 18.5 Å². The molecule has 24 heavy (non-hydrogen) atoms. The van der Waals surface area contributed by atoms with Gasteiger partial charge in [-0.15, -0.1) is 11.3 Å². The van der Waals surface area contributed by atoms with Crippen LogP contribution in [0.4, 0.5) is 5.13 Å². The summed E-state index contributed by atoms with van der Waals surface area (Å²) >= 11 is 7.95. The molecular formula is C15H14Br2N2O4S. The largest absolute Gasteiger partial charge is 0.483 e. The van der Waals surface area contributed by atoms with E-state index in [0.29, 0.717) is 23.2 Å². The maximum Gasteiger partial charge on any atom is 0.311 e. The molecule has 1 aromatic heterocycles. The summed E-state index contributed by atoms with van der Waals surface area (Å²) in [4.78, 5) is 27.5. The van der Waals surface area contributed by atoms with Gasteiger partial charge in [0.05, 0.1) is 23.2 Å². The lowest BCUT2D eigenvalue weighted by Gasteiger charge is -2.08. The smallest absolute Gasteiger partial charge is 0.311 e. The molecule has 0 atom stereocenters. The number of halogens is 2. The van der Waals surface area contributed by atoms with Crippen LogP contribution in [0.2, 0.25) is 0 Å².